The van der Waals surface area contributed by atoms with E-state index < -0.39 is 0 Å². The third kappa shape index (κ3) is 6.63. The van der Waals surface area contributed by atoms with E-state index >= 15 is 0 Å². The van der Waals surface area contributed by atoms with E-state index in [1.165, 1.54) is 0 Å². The van der Waals surface area contributed by atoms with Gasteiger partial charge in [0.15, 0.2) is 6.61 Å². The predicted molar refractivity (Wildman–Crippen MR) is 86.4 cm³/mol. The molecule has 0 aliphatic rings. The lowest BCUT2D eigenvalue weighted by Gasteiger charge is -2.17. The molecule has 118 valence electrons. The van der Waals surface area contributed by atoms with Crippen molar-refractivity contribution in [2.75, 3.05) is 6.61 Å². The topological polar surface area (TPSA) is 64.3 Å². The van der Waals surface area contributed by atoms with E-state index in [2.05, 4.69) is 26.1 Å². The number of hydrogen-bond acceptors (Lipinski definition) is 3. The zero-order chi connectivity index (χ0) is 15.8. The Kier molecular flexibility index (Phi) is 7.23. The van der Waals surface area contributed by atoms with E-state index in [0.29, 0.717) is 11.7 Å². The number of carbonyl (C=O) groups excluding carboxylic acids is 1. The number of nitrogens with one attached hydrogen (secondary N) is 1. The number of ether oxygens (including phenoxy) is 1. The molecule has 0 heterocycles. The second-order valence-electron chi connectivity index (χ2n) is 5.91. The summed E-state index contributed by atoms with van der Waals surface area (Å²) in [4.78, 5) is 11.8. The molecule has 2 atom stereocenters. The summed E-state index contributed by atoms with van der Waals surface area (Å²) in [7, 11) is 0. The van der Waals surface area contributed by atoms with Gasteiger partial charge in [-0.15, -0.1) is 0 Å². The zero-order valence-corrected chi connectivity index (χ0v) is 13.6. The standard InChI is InChI=1S/C17H28N2O2/c1-5-15(18)9-14-7-6-8-16(10-14)21-11-17(20)19-13(4)12(2)3/h6-8,10,12-13,15H,5,9,11,18H2,1-4H3,(H,19,20). The van der Waals surface area contributed by atoms with Gasteiger partial charge >= 0.3 is 0 Å². The first-order valence-electron chi connectivity index (χ1n) is 7.69. The van der Waals surface area contributed by atoms with Crippen LogP contribution in [0.15, 0.2) is 24.3 Å². The maximum Gasteiger partial charge on any atom is 0.258 e. The van der Waals surface area contributed by atoms with Crippen molar-refractivity contribution in [1.82, 2.24) is 5.32 Å². The molecule has 1 aromatic carbocycles. The Morgan fingerprint density at radius 2 is 2.05 bits per heavy atom. The van der Waals surface area contributed by atoms with Crippen LogP contribution in [-0.2, 0) is 11.2 Å². The largest absolute Gasteiger partial charge is 0.484 e. The summed E-state index contributed by atoms with van der Waals surface area (Å²) in [5, 5.41) is 2.92. The van der Waals surface area contributed by atoms with Gasteiger partial charge in [-0.05, 0) is 43.4 Å². The molecule has 2 unspecified atom stereocenters. The van der Waals surface area contributed by atoms with Crippen LogP contribution in [0.5, 0.6) is 5.75 Å². The number of hydrogen-bond donors (Lipinski definition) is 2. The van der Waals surface area contributed by atoms with Gasteiger partial charge in [-0.25, -0.2) is 0 Å². The molecule has 1 amide bonds. The molecule has 0 aliphatic carbocycles. The van der Waals surface area contributed by atoms with Gasteiger partial charge in [0.1, 0.15) is 5.75 Å². The first-order chi connectivity index (χ1) is 9.92. The highest BCUT2D eigenvalue weighted by Crippen LogP contribution is 2.15. The van der Waals surface area contributed by atoms with Crippen molar-refractivity contribution >= 4 is 5.91 Å². The van der Waals surface area contributed by atoms with Crippen LogP contribution in [0.4, 0.5) is 0 Å². The van der Waals surface area contributed by atoms with Crippen molar-refractivity contribution in [3.8, 4) is 5.75 Å². The fourth-order valence-electron chi connectivity index (χ4n) is 1.82. The van der Waals surface area contributed by atoms with Crippen molar-refractivity contribution in [1.29, 1.82) is 0 Å². The molecule has 1 aromatic rings. The van der Waals surface area contributed by atoms with Gasteiger partial charge in [-0.2, -0.15) is 0 Å². The van der Waals surface area contributed by atoms with Crippen molar-refractivity contribution in [2.45, 2.75) is 52.6 Å². The smallest absolute Gasteiger partial charge is 0.258 e. The van der Waals surface area contributed by atoms with Gasteiger partial charge in [0.2, 0.25) is 0 Å². The van der Waals surface area contributed by atoms with Gasteiger partial charge in [-0.1, -0.05) is 32.9 Å². The van der Waals surface area contributed by atoms with Gasteiger partial charge in [-0.3, -0.25) is 4.79 Å². The molecule has 4 heteroatoms. The minimum absolute atomic E-state index is 0.0420. The monoisotopic (exact) mass is 292 g/mol. The minimum atomic E-state index is -0.0909. The number of nitrogens with two attached hydrogens (primary N) is 1. The highest BCUT2D eigenvalue weighted by Gasteiger charge is 2.11. The molecule has 0 bridgehead atoms. The van der Waals surface area contributed by atoms with E-state index in [-0.39, 0.29) is 24.6 Å². The average molecular weight is 292 g/mol. The molecule has 0 saturated carbocycles. The van der Waals surface area contributed by atoms with Gasteiger partial charge in [0.25, 0.3) is 5.91 Å². The number of rotatable bonds is 8. The zero-order valence-electron chi connectivity index (χ0n) is 13.6. The maximum atomic E-state index is 11.8. The molecular formula is C17H28N2O2. The number of benzene rings is 1. The van der Waals surface area contributed by atoms with Crippen LogP contribution < -0.4 is 15.8 Å². The lowest BCUT2D eigenvalue weighted by Crippen LogP contribution is -2.38. The van der Waals surface area contributed by atoms with Gasteiger partial charge < -0.3 is 15.8 Å². The maximum absolute atomic E-state index is 11.8. The van der Waals surface area contributed by atoms with E-state index in [1.54, 1.807) is 0 Å². The molecule has 0 spiro atoms. The molecular weight excluding hydrogens is 264 g/mol. The first kappa shape index (κ1) is 17.5. The summed E-state index contributed by atoms with van der Waals surface area (Å²) < 4.78 is 5.55. The number of carbonyl (C=O) groups is 1. The minimum Gasteiger partial charge on any atom is -0.484 e. The lowest BCUT2D eigenvalue weighted by atomic mass is 10.0. The molecule has 21 heavy (non-hydrogen) atoms. The Labute approximate surface area is 128 Å². The second-order valence-corrected chi connectivity index (χ2v) is 5.91. The molecule has 0 aliphatic heterocycles. The first-order valence-corrected chi connectivity index (χ1v) is 7.69. The van der Waals surface area contributed by atoms with Crippen LogP contribution in [0, 0.1) is 5.92 Å². The molecule has 0 aromatic heterocycles. The van der Waals surface area contributed by atoms with E-state index in [9.17, 15) is 4.79 Å². The summed E-state index contributed by atoms with van der Waals surface area (Å²) in [6.45, 7) is 8.26. The Bertz CT molecular complexity index is 446. The Balaban J connectivity index is 2.48. The van der Waals surface area contributed by atoms with E-state index in [0.717, 1.165) is 18.4 Å². The van der Waals surface area contributed by atoms with Crippen LogP contribution >= 0.6 is 0 Å². The predicted octanol–water partition coefficient (Wildman–Crippen LogP) is 2.51. The summed E-state index contributed by atoms with van der Waals surface area (Å²) in [6, 6.07) is 8.09. The molecule has 4 nitrogen and oxygen atoms in total. The van der Waals surface area contributed by atoms with Crippen molar-refractivity contribution < 1.29 is 9.53 Å². The summed E-state index contributed by atoms with van der Waals surface area (Å²) in [5.74, 6) is 1.03. The Hall–Kier alpha value is -1.55. The van der Waals surface area contributed by atoms with Crippen molar-refractivity contribution in [3.05, 3.63) is 29.8 Å². The molecule has 0 saturated heterocycles. The third-order valence-corrected chi connectivity index (χ3v) is 3.68. The average Bonchev–Trinajstić information content (AvgIpc) is 2.45. The Morgan fingerprint density at radius 3 is 2.67 bits per heavy atom. The summed E-state index contributed by atoms with van der Waals surface area (Å²) in [5.41, 5.74) is 7.09. The fraction of sp³-hybridized carbons (Fsp3) is 0.588. The highest BCUT2D eigenvalue weighted by molar-refractivity contribution is 5.77. The molecule has 1 rings (SSSR count). The van der Waals surface area contributed by atoms with Crippen LogP contribution in [0.2, 0.25) is 0 Å². The molecule has 0 fully saturated rings. The quantitative estimate of drug-likeness (QED) is 0.774. The van der Waals surface area contributed by atoms with Crippen LogP contribution in [0.1, 0.15) is 39.7 Å². The van der Waals surface area contributed by atoms with Crippen LogP contribution in [0.25, 0.3) is 0 Å². The van der Waals surface area contributed by atoms with Gasteiger partial charge in [0.05, 0.1) is 0 Å². The van der Waals surface area contributed by atoms with Crippen molar-refractivity contribution in [2.24, 2.45) is 11.7 Å². The molecule has 3 N–H and O–H groups in total. The normalized spacial score (nSPS) is 13.8. The highest BCUT2D eigenvalue weighted by atomic mass is 16.5. The summed E-state index contributed by atoms with van der Waals surface area (Å²) in [6.07, 6.45) is 1.77. The fourth-order valence-corrected chi connectivity index (χ4v) is 1.82. The van der Waals surface area contributed by atoms with Crippen LogP contribution in [0.3, 0.4) is 0 Å². The van der Waals surface area contributed by atoms with E-state index in [4.69, 9.17) is 10.5 Å². The Morgan fingerprint density at radius 1 is 1.33 bits per heavy atom. The second kappa shape index (κ2) is 8.67. The van der Waals surface area contributed by atoms with Crippen molar-refractivity contribution in [3.63, 3.8) is 0 Å². The number of amides is 1. The molecule has 0 radical (unpaired) electrons. The van der Waals surface area contributed by atoms with Gasteiger partial charge in [0, 0.05) is 12.1 Å². The lowest BCUT2D eigenvalue weighted by molar-refractivity contribution is -0.124. The third-order valence-electron chi connectivity index (χ3n) is 3.68. The SMILES string of the molecule is CCC(N)Cc1cccc(OCC(=O)NC(C)C(C)C)c1. The van der Waals surface area contributed by atoms with Crippen LogP contribution in [-0.4, -0.2) is 24.6 Å². The summed E-state index contributed by atoms with van der Waals surface area (Å²) >= 11 is 0. The van der Waals surface area contributed by atoms with E-state index in [1.807, 2.05) is 31.2 Å².